The molecule has 2 aliphatic carbocycles. The molecule has 1 aromatic carbocycles. The fraction of sp³-hybridized carbons (Fsp3) is 0.500. The molecule has 1 aliphatic heterocycles. The fourth-order valence-corrected chi connectivity index (χ4v) is 5.04. The first-order valence-electron chi connectivity index (χ1n) is 9.51. The van der Waals surface area contributed by atoms with E-state index < -0.39 is 18.5 Å². The van der Waals surface area contributed by atoms with Crippen LogP contribution in [-0.4, -0.2) is 41.7 Å². The summed E-state index contributed by atoms with van der Waals surface area (Å²) in [5.41, 5.74) is 0.430. The number of carbonyl (C=O) groups excluding carboxylic acids is 4. The second kappa shape index (κ2) is 7.54. The van der Waals surface area contributed by atoms with Gasteiger partial charge in [0.25, 0.3) is 5.91 Å². The van der Waals surface area contributed by atoms with Crippen molar-refractivity contribution in [3.63, 3.8) is 0 Å². The van der Waals surface area contributed by atoms with E-state index in [9.17, 15) is 19.2 Å². The molecular formula is C20H21ClN2O5. The Balaban J connectivity index is 1.24. The highest BCUT2D eigenvalue weighted by molar-refractivity contribution is 6.33. The third-order valence-corrected chi connectivity index (χ3v) is 6.40. The van der Waals surface area contributed by atoms with Gasteiger partial charge in [0.1, 0.15) is 0 Å². The van der Waals surface area contributed by atoms with Gasteiger partial charge < -0.3 is 10.1 Å². The normalized spacial score (nSPS) is 27.8. The van der Waals surface area contributed by atoms with Gasteiger partial charge >= 0.3 is 5.97 Å². The molecule has 8 heteroatoms. The number of benzene rings is 1. The smallest absolute Gasteiger partial charge is 0.308 e. The van der Waals surface area contributed by atoms with Crippen LogP contribution in [0.25, 0.3) is 0 Å². The Morgan fingerprint density at radius 1 is 1.11 bits per heavy atom. The Kier molecular flexibility index (Phi) is 5.10. The van der Waals surface area contributed by atoms with Gasteiger partial charge in [-0.15, -0.1) is 0 Å². The molecule has 2 saturated carbocycles. The van der Waals surface area contributed by atoms with E-state index in [-0.39, 0.29) is 36.6 Å². The monoisotopic (exact) mass is 404 g/mol. The zero-order valence-electron chi connectivity index (χ0n) is 15.2. The maximum Gasteiger partial charge on any atom is 0.308 e. The molecule has 0 aromatic heterocycles. The second-order valence-electron chi connectivity index (χ2n) is 7.65. The number of hydrogen-bond acceptors (Lipinski definition) is 5. The van der Waals surface area contributed by atoms with Crippen molar-refractivity contribution in [1.82, 2.24) is 4.90 Å². The Bertz CT molecular complexity index is 814. The maximum absolute atomic E-state index is 12.6. The molecule has 1 N–H and O–H groups in total. The number of esters is 1. The van der Waals surface area contributed by atoms with Crippen molar-refractivity contribution < 1.29 is 23.9 Å². The third-order valence-electron chi connectivity index (χ3n) is 6.07. The highest BCUT2D eigenvalue weighted by atomic mass is 35.5. The van der Waals surface area contributed by atoms with E-state index in [2.05, 4.69) is 5.32 Å². The summed E-state index contributed by atoms with van der Waals surface area (Å²) in [7, 11) is 0. The number of rotatable bonds is 6. The van der Waals surface area contributed by atoms with Crippen molar-refractivity contribution in [2.24, 2.45) is 23.7 Å². The molecule has 0 radical (unpaired) electrons. The lowest BCUT2D eigenvalue weighted by Gasteiger charge is -2.19. The van der Waals surface area contributed by atoms with Crippen LogP contribution in [0.3, 0.4) is 0 Å². The van der Waals surface area contributed by atoms with E-state index >= 15 is 0 Å². The summed E-state index contributed by atoms with van der Waals surface area (Å²) in [5, 5.41) is 2.94. The number of carbonyl (C=O) groups is 4. The minimum absolute atomic E-state index is 0.00900. The van der Waals surface area contributed by atoms with Crippen LogP contribution in [-0.2, 0) is 23.9 Å². The third kappa shape index (κ3) is 3.39. The molecule has 4 rings (SSSR count). The van der Waals surface area contributed by atoms with E-state index in [0.717, 1.165) is 19.3 Å². The van der Waals surface area contributed by atoms with Crippen LogP contribution < -0.4 is 5.32 Å². The molecule has 2 bridgehead atoms. The zero-order valence-corrected chi connectivity index (χ0v) is 16.0. The lowest BCUT2D eigenvalue weighted by atomic mass is 9.81. The summed E-state index contributed by atoms with van der Waals surface area (Å²) in [4.78, 5) is 50.2. The van der Waals surface area contributed by atoms with Crippen molar-refractivity contribution in [3.05, 3.63) is 29.3 Å². The SMILES string of the molecule is O=C(COC(=O)CCN1C(=O)[C@H]2[C@@H]3CC[C@H](C3)[C@@H]2C1=O)Nc1ccccc1Cl. The topological polar surface area (TPSA) is 92.8 Å². The Morgan fingerprint density at radius 2 is 1.75 bits per heavy atom. The van der Waals surface area contributed by atoms with E-state index in [0.29, 0.717) is 22.5 Å². The molecule has 7 nitrogen and oxygen atoms in total. The van der Waals surface area contributed by atoms with Gasteiger partial charge in [0.05, 0.1) is 29.0 Å². The molecule has 0 unspecified atom stereocenters. The standard InChI is InChI=1S/C20H21ClN2O5/c21-13-3-1-2-4-14(13)22-15(24)10-28-16(25)7-8-23-19(26)17-11-5-6-12(9-11)18(17)20(23)27/h1-4,11-12,17-18H,5-10H2,(H,22,24)/t11-,12-,17+,18+/m1/s1. The summed E-state index contributed by atoms with van der Waals surface area (Å²) in [6.07, 6.45) is 2.89. The minimum Gasteiger partial charge on any atom is -0.456 e. The number of nitrogens with one attached hydrogen (secondary N) is 1. The molecule has 3 amide bonds. The average molecular weight is 405 g/mol. The van der Waals surface area contributed by atoms with Gasteiger partial charge in [-0.25, -0.2) is 0 Å². The maximum atomic E-state index is 12.6. The van der Waals surface area contributed by atoms with Crippen molar-refractivity contribution in [2.75, 3.05) is 18.5 Å². The number of imide groups is 1. The highest BCUT2D eigenvalue weighted by Gasteiger charge is 2.60. The first kappa shape index (κ1) is 18.9. The van der Waals surface area contributed by atoms with E-state index in [1.54, 1.807) is 24.3 Å². The van der Waals surface area contributed by atoms with Gasteiger partial charge in [0.2, 0.25) is 11.8 Å². The molecule has 1 heterocycles. The quantitative estimate of drug-likeness (QED) is 0.579. The summed E-state index contributed by atoms with van der Waals surface area (Å²) in [5.74, 6) is -1.19. The van der Waals surface area contributed by atoms with Gasteiger partial charge in [-0.3, -0.25) is 24.1 Å². The van der Waals surface area contributed by atoms with Crippen LogP contribution in [0.2, 0.25) is 5.02 Å². The number of fused-ring (bicyclic) bond motifs is 5. The van der Waals surface area contributed by atoms with Crippen molar-refractivity contribution in [3.8, 4) is 0 Å². The molecular weight excluding hydrogens is 384 g/mol. The average Bonchev–Trinajstić information content (AvgIpc) is 3.35. The number of likely N-dealkylation sites (tertiary alicyclic amines) is 1. The number of halogens is 1. The molecule has 4 atom stereocenters. The van der Waals surface area contributed by atoms with Crippen molar-refractivity contribution in [1.29, 1.82) is 0 Å². The zero-order chi connectivity index (χ0) is 19.8. The highest BCUT2D eigenvalue weighted by Crippen LogP contribution is 2.56. The molecule has 1 saturated heterocycles. The molecule has 0 spiro atoms. The van der Waals surface area contributed by atoms with Gasteiger partial charge in [-0.2, -0.15) is 0 Å². The summed E-state index contributed by atoms with van der Waals surface area (Å²) in [6, 6.07) is 6.73. The van der Waals surface area contributed by atoms with Crippen LogP contribution >= 0.6 is 11.6 Å². The van der Waals surface area contributed by atoms with Gasteiger partial charge in [0, 0.05) is 6.54 Å². The number of ether oxygens (including phenoxy) is 1. The Hall–Kier alpha value is -2.41. The van der Waals surface area contributed by atoms with Crippen LogP contribution in [0.4, 0.5) is 5.69 Å². The number of nitrogens with zero attached hydrogens (tertiary/aromatic N) is 1. The Morgan fingerprint density at radius 3 is 2.39 bits per heavy atom. The lowest BCUT2D eigenvalue weighted by Crippen LogP contribution is -2.35. The predicted octanol–water partition coefficient (Wildman–Crippen LogP) is 2.24. The first-order valence-corrected chi connectivity index (χ1v) is 9.88. The van der Waals surface area contributed by atoms with Crippen molar-refractivity contribution >= 4 is 41.0 Å². The minimum atomic E-state index is -0.630. The summed E-state index contributed by atoms with van der Waals surface area (Å²) < 4.78 is 4.95. The van der Waals surface area contributed by atoms with E-state index in [4.69, 9.17) is 16.3 Å². The largest absolute Gasteiger partial charge is 0.456 e. The van der Waals surface area contributed by atoms with Crippen LogP contribution in [0.15, 0.2) is 24.3 Å². The summed E-state index contributed by atoms with van der Waals surface area (Å²) >= 11 is 5.95. The Labute approximate surface area is 167 Å². The first-order chi connectivity index (χ1) is 13.5. The molecule has 3 aliphatic rings. The van der Waals surface area contributed by atoms with Crippen LogP contribution in [0.5, 0.6) is 0 Å². The number of para-hydroxylation sites is 1. The summed E-state index contributed by atoms with van der Waals surface area (Å²) in [6.45, 7) is -0.448. The lowest BCUT2D eigenvalue weighted by molar-refractivity contribution is -0.149. The molecule has 3 fully saturated rings. The molecule has 28 heavy (non-hydrogen) atoms. The number of anilines is 1. The van der Waals surface area contributed by atoms with Crippen molar-refractivity contribution in [2.45, 2.75) is 25.7 Å². The van der Waals surface area contributed by atoms with E-state index in [1.807, 2.05) is 0 Å². The van der Waals surface area contributed by atoms with Gasteiger partial charge in [-0.1, -0.05) is 23.7 Å². The number of hydrogen-bond donors (Lipinski definition) is 1. The fourth-order valence-electron chi connectivity index (χ4n) is 4.86. The number of amides is 3. The second-order valence-corrected chi connectivity index (χ2v) is 8.06. The van der Waals surface area contributed by atoms with Crippen LogP contribution in [0.1, 0.15) is 25.7 Å². The van der Waals surface area contributed by atoms with E-state index in [1.165, 1.54) is 4.90 Å². The molecule has 1 aromatic rings. The predicted molar refractivity (Wildman–Crippen MR) is 100 cm³/mol. The van der Waals surface area contributed by atoms with Crippen LogP contribution in [0, 0.1) is 23.7 Å². The molecule has 148 valence electrons. The van der Waals surface area contributed by atoms with Gasteiger partial charge in [0.15, 0.2) is 6.61 Å². The van der Waals surface area contributed by atoms with Gasteiger partial charge in [-0.05, 0) is 43.2 Å².